The van der Waals surface area contributed by atoms with Crippen LogP contribution in [0.5, 0.6) is 0 Å². The summed E-state index contributed by atoms with van der Waals surface area (Å²) in [5.74, 6) is -1.31. The fourth-order valence-corrected chi connectivity index (χ4v) is 4.21. The van der Waals surface area contributed by atoms with E-state index in [1.807, 2.05) is 0 Å². The van der Waals surface area contributed by atoms with Crippen molar-refractivity contribution in [3.05, 3.63) is 80.6 Å². The summed E-state index contributed by atoms with van der Waals surface area (Å²) in [4.78, 5) is 31.9. The molecule has 0 radical (unpaired) electrons. The maximum Gasteiger partial charge on any atom is 0.423 e. The lowest BCUT2D eigenvalue weighted by Crippen LogP contribution is -2.30. The zero-order chi connectivity index (χ0) is 31.0. The number of hydrogen-bond donors (Lipinski definition) is 3. The van der Waals surface area contributed by atoms with Crippen molar-refractivity contribution in [3.8, 4) is 11.4 Å². The van der Waals surface area contributed by atoms with Crippen molar-refractivity contribution in [2.45, 2.75) is 50.6 Å². The molecule has 0 saturated carbocycles. The number of halogens is 8. The van der Waals surface area contributed by atoms with Crippen LogP contribution >= 0.6 is 0 Å². The number of hydrogen-bond acceptors (Lipinski definition) is 7. The molecule has 1 aromatic carbocycles. The Hall–Kier alpha value is -4.41. The van der Waals surface area contributed by atoms with Crippen LogP contribution in [0.25, 0.3) is 22.2 Å². The largest absolute Gasteiger partial charge is 0.423 e. The molecule has 42 heavy (non-hydrogen) atoms. The molecule has 0 amide bonds. The van der Waals surface area contributed by atoms with E-state index >= 15 is 0 Å². The molecule has 0 bridgehead atoms. The molecular formula is C25H20F8N6O3. The van der Waals surface area contributed by atoms with Crippen LogP contribution in [0, 0.1) is 5.82 Å². The number of fused-ring (bicyclic) bond motifs is 1. The van der Waals surface area contributed by atoms with E-state index in [4.69, 9.17) is 0 Å². The second-order valence-corrected chi connectivity index (χ2v) is 9.34. The summed E-state index contributed by atoms with van der Waals surface area (Å²) in [7, 11) is 0. The number of nitrogens with zero attached hydrogens (tertiary/aromatic N) is 4. The SMILES string of the molecule is C[C@H](C[C@@H](F)Cn1ccc2cc(-c3ncc(C(O)C(F)(F)F)cn3)c(F)cc2c1=O)Nc1cn[nH]c(=O)c1C(F)(F)F. The van der Waals surface area contributed by atoms with Crippen LogP contribution in [-0.2, 0) is 12.7 Å². The number of aromatic nitrogens is 5. The third-order valence-electron chi connectivity index (χ3n) is 6.15. The number of benzene rings is 1. The standard InChI is InChI=1S/C25H20F8N6O3/c1-11(37-18-9-36-38-22(41)19(18)24(28,29)30)4-14(26)10-39-3-2-12-5-16(17(27)6-15(12)23(39)42)21-34-7-13(8-35-21)20(40)25(31,32)33/h2-3,5-9,11,14,20,40H,4,10H2,1H3,(H2,37,38,41)/t11-,14-,20?/m1/s1. The third-order valence-corrected chi connectivity index (χ3v) is 6.15. The van der Waals surface area contributed by atoms with Gasteiger partial charge in [-0.3, -0.25) is 9.59 Å². The van der Waals surface area contributed by atoms with Crippen LogP contribution < -0.4 is 16.4 Å². The fourth-order valence-electron chi connectivity index (χ4n) is 4.21. The first-order valence-corrected chi connectivity index (χ1v) is 12.0. The molecule has 3 heterocycles. The van der Waals surface area contributed by atoms with Crippen molar-refractivity contribution < 1.29 is 40.2 Å². The van der Waals surface area contributed by atoms with Crippen molar-refractivity contribution in [2.75, 3.05) is 5.32 Å². The van der Waals surface area contributed by atoms with Crippen LogP contribution in [0.1, 0.15) is 30.6 Å². The van der Waals surface area contributed by atoms with Crippen LogP contribution in [0.2, 0.25) is 0 Å². The maximum absolute atomic E-state index is 14.9. The summed E-state index contributed by atoms with van der Waals surface area (Å²) in [5.41, 5.74) is -5.33. The number of pyridine rings is 1. The van der Waals surface area contributed by atoms with Gasteiger partial charge in [-0.05, 0) is 30.5 Å². The molecule has 0 aliphatic rings. The molecule has 17 heteroatoms. The van der Waals surface area contributed by atoms with E-state index in [-0.39, 0.29) is 28.6 Å². The minimum atomic E-state index is -4.99. The van der Waals surface area contributed by atoms with Crippen molar-refractivity contribution >= 4 is 16.5 Å². The lowest BCUT2D eigenvalue weighted by Gasteiger charge is -2.20. The summed E-state index contributed by atoms with van der Waals surface area (Å²) in [6, 6.07) is 2.44. The first-order chi connectivity index (χ1) is 19.6. The number of aromatic amines is 1. The predicted molar refractivity (Wildman–Crippen MR) is 133 cm³/mol. The molecule has 0 aliphatic carbocycles. The van der Waals surface area contributed by atoms with Gasteiger partial charge in [0.05, 0.1) is 29.4 Å². The Kier molecular flexibility index (Phi) is 8.34. The van der Waals surface area contributed by atoms with Crippen LogP contribution in [0.4, 0.5) is 40.8 Å². The van der Waals surface area contributed by atoms with Crippen LogP contribution in [-0.4, -0.2) is 48.2 Å². The Morgan fingerprint density at radius 3 is 2.36 bits per heavy atom. The van der Waals surface area contributed by atoms with Gasteiger partial charge in [-0.1, -0.05) is 0 Å². The molecule has 0 fully saturated rings. The van der Waals surface area contributed by atoms with Gasteiger partial charge < -0.3 is 15.0 Å². The molecule has 3 aromatic heterocycles. The molecule has 3 atom stereocenters. The van der Waals surface area contributed by atoms with E-state index in [0.717, 1.165) is 16.8 Å². The van der Waals surface area contributed by atoms with E-state index < -0.39 is 71.0 Å². The second-order valence-electron chi connectivity index (χ2n) is 9.34. The third kappa shape index (κ3) is 6.56. The number of alkyl halides is 7. The first-order valence-electron chi connectivity index (χ1n) is 12.0. The highest BCUT2D eigenvalue weighted by atomic mass is 19.4. The highest BCUT2D eigenvalue weighted by molar-refractivity contribution is 5.86. The maximum atomic E-state index is 14.9. The van der Waals surface area contributed by atoms with Gasteiger partial charge in [0.15, 0.2) is 11.9 Å². The Labute approximate surface area is 229 Å². The van der Waals surface area contributed by atoms with Gasteiger partial charge >= 0.3 is 12.4 Å². The summed E-state index contributed by atoms with van der Waals surface area (Å²) in [6.45, 7) is 0.836. The lowest BCUT2D eigenvalue weighted by atomic mass is 10.1. The lowest BCUT2D eigenvalue weighted by molar-refractivity contribution is -0.206. The highest BCUT2D eigenvalue weighted by Crippen LogP contribution is 2.33. The molecule has 0 aliphatic heterocycles. The van der Waals surface area contributed by atoms with Gasteiger partial charge in [-0.15, -0.1) is 0 Å². The average molecular weight is 604 g/mol. The minimum Gasteiger partial charge on any atom is -0.381 e. The number of H-pyrrole nitrogens is 1. The van der Waals surface area contributed by atoms with E-state index in [1.165, 1.54) is 25.3 Å². The molecule has 0 saturated heterocycles. The van der Waals surface area contributed by atoms with Gasteiger partial charge in [0.25, 0.3) is 11.1 Å². The topological polar surface area (TPSA) is 126 Å². The molecule has 3 N–H and O–H groups in total. The van der Waals surface area contributed by atoms with E-state index in [2.05, 4.69) is 20.4 Å². The van der Waals surface area contributed by atoms with Gasteiger partial charge in [0.2, 0.25) is 0 Å². The smallest absolute Gasteiger partial charge is 0.381 e. The molecule has 9 nitrogen and oxygen atoms in total. The van der Waals surface area contributed by atoms with Gasteiger partial charge in [-0.25, -0.2) is 23.8 Å². The van der Waals surface area contributed by atoms with E-state index in [9.17, 15) is 49.8 Å². The Morgan fingerprint density at radius 2 is 1.74 bits per heavy atom. The molecule has 4 aromatic rings. The molecule has 1 unspecified atom stereocenters. The average Bonchev–Trinajstić information content (AvgIpc) is 2.88. The fraction of sp³-hybridized carbons (Fsp3) is 0.320. The zero-order valence-corrected chi connectivity index (χ0v) is 21.3. The van der Waals surface area contributed by atoms with E-state index in [1.54, 1.807) is 5.10 Å². The predicted octanol–water partition coefficient (Wildman–Crippen LogP) is 4.52. The van der Waals surface area contributed by atoms with Crippen molar-refractivity contribution in [3.63, 3.8) is 0 Å². The molecule has 0 spiro atoms. The van der Waals surface area contributed by atoms with Gasteiger partial charge in [0, 0.05) is 36.6 Å². The summed E-state index contributed by atoms with van der Waals surface area (Å²) >= 11 is 0. The Morgan fingerprint density at radius 1 is 1.07 bits per heavy atom. The number of rotatable bonds is 8. The highest BCUT2D eigenvalue weighted by Gasteiger charge is 2.40. The summed E-state index contributed by atoms with van der Waals surface area (Å²) in [5, 5.41) is 16.7. The molecule has 224 valence electrons. The summed E-state index contributed by atoms with van der Waals surface area (Å²) < 4.78 is 108. The van der Waals surface area contributed by atoms with E-state index in [0.29, 0.717) is 12.4 Å². The minimum absolute atomic E-state index is 0.161. The molecule has 4 rings (SSSR count). The van der Waals surface area contributed by atoms with Crippen LogP contribution in [0.3, 0.4) is 0 Å². The quantitative estimate of drug-likeness (QED) is 0.253. The van der Waals surface area contributed by atoms with Gasteiger partial charge in [0.1, 0.15) is 17.6 Å². The zero-order valence-electron chi connectivity index (χ0n) is 21.3. The monoisotopic (exact) mass is 604 g/mol. The van der Waals surface area contributed by atoms with Crippen molar-refractivity contribution in [2.24, 2.45) is 0 Å². The Balaban J connectivity index is 1.51. The Bertz CT molecular complexity index is 1700. The number of aliphatic hydroxyl groups is 1. The number of nitrogens with one attached hydrogen (secondary N) is 2. The number of aliphatic hydroxyl groups excluding tert-OH is 1. The first kappa shape index (κ1) is 30.5. The van der Waals surface area contributed by atoms with Gasteiger partial charge in [-0.2, -0.15) is 31.4 Å². The number of anilines is 1. The van der Waals surface area contributed by atoms with Crippen LogP contribution in [0.15, 0.2) is 52.6 Å². The molecular weight excluding hydrogens is 584 g/mol. The van der Waals surface area contributed by atoms with Crippen molar-refractivity contribution in [1.82, 2.24) is 24.7 Å². The normalized spacial score (nSPS) is 14.5. The summed E-state index contributed by atoms with van der Waals surface area (Å²) in [6.07, 6.45) is -11.6. The second kappa shape index (κ2) is 11.5. The van der Waals surface area contributed by atoms with Crippen molar-refractivity contribution in [1.29, 1.82) is 0 Å².